The minimum atomic E-state index is -0.546. The number of fused-ring (bicyclic) bond motifs is 1. The fourth-order valence-electron chi connectivity index (χ4n) is 1.77. The normalized spacial score (nSPS) is 13.4. The van der Waals surface area contributed by atoms with E-state index in [-0.39, 0.29) is 5.91 Å². The first kappa shape index (κ1) is 12.4. The standard InChI is InChI=1S/C14H16N2O2/c1-14(2,8-15)9-16-13(17)11-3-4-12-10(7-11)5-6-18-12/h3-4,7H,5-6,9H2,1-2H3,(H,16,17). The highest BCUT2D eigenvalue weighted by molar-refractivity contribution is 5.94. The summed E-state index contributed by atoms with van der Waals surface area (Å²) in [6.45, 7) is 4.62. The maximum Gasteiger partial charge on any atom is 0.251 e. The van der Waals surface area contributed by atoms with Gasteiger partial charge in [0.2, 0.25) is 0 Å². The molecule has 4 nitrogen and oxygen atoms in total. The molecule has 0 aromatic heterocycles. The summed E-state index contributed by atoms with van der Waals surface area (Å²) in [5.74, 6) is 0.719. The van der Waals surface area contributed by atoms with E-state index in [2.05, 4.69) is 11.4 Å². The number of amides is 1. The van der Waals surface area contributed by atoms with E-state index < -0.39 is 5.41 Å². The largest absolute Gasteiger partial charge is 0.493 e. The van der Waals surface area contributed by atoms with E-state index in [1.807, 2.05) is 12.1 Å². The van der Waals surface area contributed by atoms with E-state index in [9.17, 15) is 4.79 Å². The van der Waals surface area contributed by atoms with Gasteiger partial charge in [0, 0.05) is 18.5 Å². The molecule has 1 amide bonds. The molecular formula is C14H16N2O2. The summed E-state index contributed by atoms with van der Waals surface area (Å²) >= 11 is 0. The molecule has 0 atom stereocenters. The Bertz CT molecular complexity index is 515. The first-order chi connectivity index (χ1) is 8.52. The highest BCUT2D eigenvalue weighted by atomic mass is 16.5. The lowest BCUT2D eigenvalue weighted by Gasteiger charge is -2.15. The van der Waals surface area contributed by atoms with Crippen molar-refractivity contribution in [2.75, 3.05) is 13.2 Å². The molecule has 0 bridgehead atoms. The van der Waals surface area contributed by atoms with Crippen molar-refractivity contribution >= 4 is 5.91 Å². The molecular weight excluding hydrogens is 228 g/mol. The molecule has 0 saturated heterocycles. The van der Waals surface area contributed by atoms with Gasteiger partial charge in [0.15, 0.2) is 0 Å². The van der Waals surface area contributed by atoms with Crippen molar-refractivity contribution in [3.63, 3.8) is 0 Å². The molecule has 0 fully saturated rings. The Labute approximate surface area is 107 Å². The van der Waals surface area contributed by atoms with Crippen LogP contribution in [0.4, 0.5) is 0 Å². The Morgan fingerprint density at radius 3 is 3.06 bits per heavy atom. The van der Waals surface area contributed by atoms with Crippen LogP contribution < -0.4 is 10.1 Å². The molecule has 1 aromatic rings. The van der Waals surface area contributed by atoms with Gasteiger partial charge < -0.3 is 10.1 Å². The van der Waals surface area contributed by atoms with Crippen molar-refractivity contribution in [3.05, 3.63) is 29.3 Å². The first-order valence-corrected chi connectivity index (χ1v) is 5.97. The average molecular weight is 244 g/mol. The molecule has 18 heavy (non-hydrogen) atoms. The predicted molar refractivity (Wildman–Crippen MR) is 67.4 cm³/mol. The molecule has 0 saturated carbocycles. The Kier molecular flexibility index (Phi) is 3.24. The van der Waals surface area contributed by atoms with Gasteiger partial charge in [-0.15, -0.1) is 0 Å². The fourth-order valence-corrected chi connectivity index (χ4v) is 1.77. The van der Waals surface area contributed by atoms with Crippen molar-refractivity contribution in [1.82, 2.24) is 5.32 Å². The van der Waals surface area contributed by atoms with Crippen LogP contribution in [0.15, 0.2) is 18.2 Å². The SMILES string of the molecule is CC(C)(C#N)CNC(=O)c1ccc2c(c1)CCO2. The molecule has 0 aliphatic carbocycles. The van der Waals surface area contributed by atoms with Gasteiger partial charge >= 0.3 is 0 Å². The smallest absolute Gasteiger partial charge is 0.251 e. The number of nitriles is 1. The van der Waals surface area contributed by atoms with Crippen molar-refractivity contribution in [2.45, 2.75) is 20.3 Å². The summed E-state index contributed by atoms with van der Waals surface area (Å²) in [5.41, 5.74) is 1.14. The van der Waals surface area contributed by atoms with Crippen LogP contribution in [-0.4, -0.2) is 19.1 Å². The number of rotatable bonds is 3. The molecule has 0 unspecified atom stereocenters. The lowest BCUT2D eigenvalue weighted by molar-refractivity contribution is 0.0943. The van der Waals surface area contributed by atoms with Crippen LogP contribution in [0.3, 0.4) is 0 Å². The second-order valence-electron chi connectivity index (χ2n) is 5.10. The maximum absolute atomic E-state index is 11.9. The van der Waals surface area contributed by atoms with Gasteiger partial charge in [-0.3, -0.25) is 4.79 Å². The quantitative estimate of drug-likeness (QED) is 0.883. The molecule has 1 heterocycles. The number of hydrogen-bond acceptors (Lipinski definition) is 3. The van der Waals surface area contributed by atoms with Gasteiger partial charge in [-0.1, -0.05) is 0 Å². The van der Waals surface area contributed by atoms with Crippen LogP contribution in [0, 0.1) is 16.7 Å². The number of carbonyl (C=O) groups is 1. The van der Waals surface area contributed by atoms with E-state index >= 15 is 0 Å². The van der Waals surface area contributed by atoms with Crippen LogP contribution in [-0.2, 0) is 6.42 Å². The van der Waals surface area contributed by atoms with Gasteiger partial charge in [0.05, 0.1) is 18.1 Å². The third-order valence-corrected chi connectivity index (χ3v) is 2.95. The molecule has 1 aliphatic rings. The number of carbonyl (C=O) groups excluding carboxylic acids is 1. The summed E-state index contributed by atoms with van der Waals surface area (Å²) in [4.78, 5) is 11.9. The van der Waals surface area contributed by atoms with Crippen LogP contribution in [0.25, 0.3) is 0 Å². The Balaban J connectivity index is 2.04. The summed E-state index contributed by atoms with van der Waals surface area (Å²) in [6.07, 6.45) is 0.847. The molecule has 1 aromatic carbocycles. The summed E-state index contributed by atoms with van der Waals surface area (Å²) in [6, 6.07) is 7.59. The highest BCUT2D eigenvalue weighted by Gasteiger charge is 2.19. The Morgan fingerprint density at radius 2 is 2.33 bits per heavy atom. The topological polar surface area (TPSA) is 62.1 Å². The third kappa shape index (κ3) is 2.62. The van der Waals surface area contributed by atoms with E-state index in [0.29, 0.717) is 18.7 Å². The first-order valence-electron chi connectivity index (χ1n) is 5.97. The van der Waals surface area contributed by atoms with Gasteiger partial charge in [0.1, 0.15) is 5.75 Å². The Hall–Kier alpha value is -2.02. The molecule has 94 valence electrons. The molecule has 1 aliphatic heterocycles. The number of benzene rings is 1. The van der Waals surface area contributed by atoms with Gasteiger partial charge in [-0.05, 0) is 37.6 Å². The van der Waals surface area contributed by atoms with Gasteiger partial charge in [-0.25, -0.2) is 0 Å². The van der Waals surface area contributed by atoms with Crippen LogP contribution in [0.5, 0.6) is 5.75 Å². The molecule has 0 radical (unpaired) electrons. The highest BCUT2D eigenvalue weighted by Crippen LogP contribution is 2.25. The number of hydrogen-bond donors (Lipinski definition) is 1. The lowest BCUT2D eigenvalue weighted by atomic mass is 9.96. The number of nitrogens with one attached hydrogen (secondary N) is 1. The summed E-state index contributed by atoms with van der Waals surface area (Å²) in [5, 5.41) is 11.7. The summed E-state index contributed by atoms with van der Waals surface area (Å²) < 4.78 is 5.39. The zero-order valence-corrected chi connectivity index (χ0v) is 10.6. The molecule has 1 N–H and O–H groups in total. The maximum atomic E-state index is 11.9. The van der Waals surface area contributed by atoms with Crippen molar-refractivity contribution in [1.29, 1.82) is 5.26 Å². The van der Waals surface area contributed by atoms with E-state index in [0.717, 1.165) is 17.7 Å². The molecule has 0 spiro atoms. The zero-order valence-electron chi connectivity index (χ0n) is 10.6. The minimum Gasteiger partial charge on any atom is -0.493 e. The van der Waals surface area contributed by atoms with Gasteiger partial charge in [0.25, 0.3) is 5.91 Å². The minimum absolute atomic E-state index is 0.145. The van der Waals surface area contributed by atoms with E-state index in [1.54, 1.807) is 19.9 Å². The van der Waals surface area contributed by atoms with Crippen molar-refractivity contribution in [3.8, 4) is 11.8 Å². The fraction of sp³-hybridized carbons (Fsp3) is 0.429. The summed E-state index contributed by atoms with van der Waals surface area (Å²) in [7, 11) is 0. The predicted octanol–water partition coefficient (Wildman–Crippen LogP) is 1.90. The second kappa shape index (κ2) is 4.69. The van der Waals surface area contributed by atoms with Crippen LogP contribution in [0.2, 0.25) is 0 Å². The monoisotopic (exact) mass is 244 g/mol. The lowest BCUT2D eigenvalue weighted by Crippen LogP contribution is -2.33. The van der Waals surface area contributed by atoms with E-state index in [4.69, 9.17) is 10.00 Å². The van der Waals surface area contributed by atoms with Crippen LogP contribution >= 0.6 is 0 Å². The van der Waals surface area contributed by atoms with Crippen molar-refractivity contribution in [2.24, 2.45) is 5.41 Å². The van der Waals surface area contributed by atoms with Crippen LogP contribution in [0.1, 0.15) is 29.8 Å². The molecule has 4 heteroatoms. The van der Waals surface area contributed by atoms with Gasteiger partial charge in [-0.2, -0.15) is 5.26 Å². The average Bonchev–Trinajstić information content (AvgIpc) is 2.83. The zero-order chi connectivity index (χ0) is 13.2. The molecule has 2 rings (SSSR count). The van der Waals surface area contributed by atoms with Crippen molar-refractivity contribution < 1.29 is 9.53 Å². The third-order valence-electron chi connectivity index (χ3n) is 2.95. The Morgan fingerprint density at radius 1 is 1.56 bits per heavy atom. The van der Waals surface area contributed by atoms with E-state index in [1.165, 1.54) is 0 Å². The number of ether oxygens (including phenoxy) is 1. The number of nitrogens with zero attached hydrogens (tertiary/aromatic N) is 1. The second-order valence-corrected chi connectivity index (χ2v) is 5.10.